The second-order valence-electron chi connectivity index (χ2n) is 20.2. The monoisotopic (exact) mass is 1000 g/mol. The molecule has 1 heterocycles. The lowest BCUT2D eigenvalue weighted by Crippen LogP contribution is -2.09. The number of hydrogen-bond acceptors (Lipinski definition) is 1. The zero-order valence-electron chi connectivity index (χ0n) is 44.2. The normalized spacial score (nSPS) is 12.8. The van der Waals surface area contributed by atoms with Gasteiger partial charge in [0.15, 0.2) is 0 Å². The van der Waals surface area contributed by atoms with Crippen LogP contribution in [0.1, 0.15) is 24.5 Å². The first-order chi connectivity index (χ1) is 38.5. The van der Waals surface area contributed by atoms with Gasteiger partial charge in [-0.3, -0.25) is 0 Å². The summed E-state index contributed by atoms with van der Waals surface area (Å²) < 4.78 is 2.38. The maximum atomic E-state index is 4.41. The molecule has 1 aliphatic carbocycles. The Morgan fingerprint density at radius 3 is 1.67 bits per heavy atom. The predicted octanol–water partition coefficient (Wildman–Crippen LogP) is 21.3. The molecule has 11 aromatic carbocycles. The zero-order valence-corrected chi connectivity index (χ0v) is 44.2. The van der Waals surface area contributed by atoms with Crippen LogP contribution in [-0.2, 0) is 0 Å². The van der Waals surface area contributed by atoms with Crippen LogP contribution in [0.4, 0.5) is 17.1 Å². The van der Waals surface area contributed by atoms with Crippen LogP contribution in [0.25, 0.3) is 100 Å². The number of benzene rings is 11. The van der Waals surface area contributed by atoms with Gasteiger partial charge in [-0.05, 0) is 164 Å². The van der Waals surface area contributed by atoms with Gasteiger partial charge in [-0.15, -0.1) is 0 Å². The second kappa shape index (κ2) is 22.2. The van der Waals surface area contributed by atoms with Crippen LogP contribution >= 0.6 is 0 Å². The Morgan fingerprint density at radius 2 is 0.936 bits per heavy atom. The molecule has 0 N–H and O–H groups in total. The van der Waals surface area contributed by atoms with Crippen molar-refractivity contribution in [1.82, 2.24) is 4.57 Å². The van der Waals surface area contributed by atoms with E-state index < -0.39 is 0 Å². The minimum atomic E-state index is 0.769. The van der Waals surface area contributed by atoms with Crippen LogP contribution in [-0.4, -0.2) is 4.57 Å². The molecular formula is C76H60N2. The number of allylic oxidation sites excluding steroid dienone is 4. The molecule has 0 radical (unpaired) electrons. The summed E-state index contributed by atoms with van der Waals surface area (Å²) in [5.74, 6) is 0.769. The smallest absolute Gasteiger partial charge is 0.0547 e. The van der Waals surface area contributed by atoms with Crippen LogP contribution in [0.5, 0.6) is 0 Å². The molecule has 2 nitrogen and oxygen atoms in total. The molecule has 0 saturated carbocycles. The van der Waals surface area contributed by atoms with E-state index >= 15 is 0 Å². The fourth-order valence-electron chi connectivity index (χ4n) is 11.2. The molecule has 0 amide bonds. The average molecular weight is 1000 g/mol. The van der Waals surface area contributed by atoms with Crippen molar-refractivity contribution in [2.24, 2.45) is 5.92 Å². The van der Waals surface area contributed by atoms with E-state index in [9.17, 15) is 0 Å². The zero-order chi connectivity index (χ0) is 52.8. The van der Waals surface area contributed by atoms with Gasteiger partial charge >= 0.3 is 0 Å². The Bertz CT molecular complexity index is 4120. The molecule has 2 heteroatoms. The van der Waals surface area contributed by atoms with E-state index in [1.165, 1.54) is 67.2 Å². The highest BCUT2D eigenvalue weighted by Gasteiger charge is 2.19. The van der Waals surface area contributed by atoms with Crippen molar-refractivity contribution in [2.75, 3.05) is 4.90 Å². The molecule has 12 aromatic rings. The maximum absolute atomic E-state index is 4.41. The Labute approximate surface area is 459 Å². The molecule has 0 spiro atoms. The molecule has 13 rings (SSSR count). The Hall–Kier alpha value is -9.76. The lowest BCUT2D eigenvalue weighted by molar-refractivity contribution is 0.737. The number of para-hydroxylation sites is 3. The second-order valence-corrected chi connectivity index (χ2v) is 20.2. The number of hydrogen-bond donors (Lipinski definition) is 0. The number of aromatic nitrogens is 1. The van der Waals surface area contributed by atoms with Crippen LogP contribution in [0, 0.1) is 12.8 Å². The van der Waals surface area contributed by atoms with Crippen LogP contribution in [0.3, 0.4) is 0 Å². The summed E-state index contributed by atoms with van der Waals surface area (Å²) in [4.78, 5) is 2.34. The fraction of sp³-hybridized carbons (Fsp3) is 0.0526. The molecule has 0 bridgehead atoms. The standard InChI is InChI=1S/C69H50N2.C7H10/c1-3-61-62(52-37-35-51(36-38-52)55-41-44-65-64-30-13-14-34-67(64)71(68(65)47-55)58-27-11-6-12-28-58)31-18-33-66(61)69-48(2)19-15-32-63(69)56-24-16-22-53(45-56)54-23-17-29-60(46-54)70(57-25-9-5-10-26-57)59-42-39-50(40-43-59)49-20-7-4-8-21-49;1-7-5-3-2-4-6-7/h3-47H,1H2,2H3;2-5,7H,6H2,1H3. The highest BCUT2D eigenvalue weighted by molar-refractivity contribution is 6.10. The predicted molar refractivity (Wildman–Crippen MR) is 335 cm³/mol. The maximum Gasteiger partial charge on any atom is 0.0547 e. The minimum Gasteiger partial charge on any atom is -0.310 e. The largest absolute Gasteiger partial charge is 0.310 e. The highest BCUT2D eigenvalue weighted by Crippen LogP contribution is 2.43. The Balaban J connectivity index is 0.000000809. The van der Waals surface area contributed by atoms with Gasteiger partial charge in [0.1, 0.15) is 0 Å². The first kappa shape index (κ1) is 49.1. The minimum absolute atomic E-state index is 0.769. The van der Waals surface area contributed by atoms with Gasteiger partial charge in [-0.25, -0.2) is 0 Å². The molecule has 0 fully saturated rings. The van der Waals surface area contributed by atoms with Crippen molar-refractivity contribution < 1.29 is 0 Å². The van der Waals surface area contributed by atoms with E-state index in [1.54, 1.807) is 0 Å². The van der Waals surface area contributed by atoms with Crippen LogP contribution in [0.15, 0.2) is 298 Å². The lowest BCUT2D eigenvalue weighted by atomic mass is 9.85. The summed E-state index contributed by atoms with van der Waals surface area (Å²) >= 11 is 0. The molecule has 1 atom stereocenters. The molecule has 1 aromatic heterocycles. The summed E-state index contributed by atoms with van der Waals surface area (Å²) in [5, 5.41) is 2.51. The van der Waals surface area contributed by atoms with Crippen LogP contribution < -0.4 is 4.90 Å². The Kier molecular flexibility index (Phi) is 14.0. The fourth-order valence-corrected chi connectivity index (χ4v) is 11.2. The summed E-state index contributed by atoms with van der Waals surface area (Å²) in [6.45, 7) is 8.86. The summed E-state index contributed by atoms with van der Waals surface area (Å²) in [7, 11) is 0. The van der Waals surface area contributed by atoms with Crippen molar-refractivity contribution in [3.05, 3.63) is 309 Å². The van der Waals surface area contributed by atoms with E-state index in [0.717, 1.165) is 67.6 Å². The highest BCUT2D eigenvalue weighted by atomic mass is 15.1. The number of anilines is 3. The molecule has 0 saturated heterocycles. The van der Waals surface area contributed by atoms with Crippen LogP contribution in [0.2, 0.25) is 0 Å². The van der Waals surface area contributed by atoms with E-state index in [2.05, 4.69) is 321 Å². The molecular weight excluding hydrogens is 941 g/mol. The number of aryl methyl sites for hydroxylation is 1. The third-order valence-corrected chi connectivity index (χ3v) is 15.1. The van der Waals surface area contributed by atoms with Gasteiger partial charge in [0.05, 0.1) is 11.0 Å². The number of rotatable bonds is 11. The SMILES string of the molecule is C=Cc1c(-c2ccc(-c3ccc4c5ccccc5n(-c5ccccc5)c4c3)cc2)cccc1-c1c(C)cccc1-c1cccc(-c2cccc(N(c3ccccc3)c3ccc(-c4ccccc4)cc3)c2)c1.CC1C=CC=CC1. The lowest BCUT2D eigenvalue weighted by Gasteiger charge is -2.26. The molecule has 1 unspecified atom stereocenters. The quantitative estimate of drug-likeness (QED) is 0.125. The van der Waals surface area contributed by atoms with Crippen molar-refractivity contribution in [3.63, 3.8) is 0 Å². The van der Waals surface area contributed by atoms with E-state index in [4.69, 9.17) is 0 Å². The third kappa shape index (κ3) is 9.96. The van der Waals surface area contributed by atoms with Crippen molar-refractivity contribution in [1.29, 1.82) is 0 Å². The topological polar surface area (TPSA) is 8.17 Å². The first-order valence-corrected chi connectivity index (χ1v) is 27.1. The Morgan fingerprint density at radius 1 is 0.410 bits per heavy atom. The summed E-state index contributed by atoms with van der Waals surface area (Å²) in [5.41, 5.74) is 23.3. The molecule has 78 heavy (non-hydrogen) atoms. The van der Waals surface area contributed by atoms with Crippen molar-refractivity contribution in [2.45, 2.75) is 20.3 Å². The summed E-state index contributed by atoms with van der Waals surface area (Å²) in [6.07, 6.45) is 11.9. The molecule has 0 aliphatic heterocycles. The first-order valence-electron chi connectivity index (χ1n) is 27.1. The van der Waals surface area contributed by atoms with Gasteiger partial charge < -0.3 is 9.47 Å². The third-order valence-electron chi connectivity index (χ3n) is 15.1. The average Bonchev–Trinajstić information content (AvgIpc) is 3.98. The van der Waals surface area contributed by atoms with Gasteiger partial charge in [0.25, 0.3) is 0 Å². The van der Waals surface area contributed by atoms with Gasteiger partial charge in [0, 0.05) is 33.5 Å². The van der Waals surface area contributed by atoms with Gasteiger partial charge in [-0.1, -0.05) is 244 Å². The van der Waals surface area contributed by atoms with E-state index in [-0.39, 0.29) is 0 Å². The van der Waals surface area contributed by atoms with Crippen molar-refractivity contribution in [3.8, 4) is 72.4 Å². The van der Waals surface area contributed by atoms with E-state index in [1.807, 2.05) is 6.08 Å². The number of fused-ring (bicyclic) bond motifs is 3. The van der Waals surface area contributed by atoms with E-state index in [0.29, 0.717) is 0 Å². The van der Waals surface area contributed by atoms with Crippen molar-refractivity contribution >= 4 is 44.9 Å². The van der Waals surface area contributed by atoms with Gasteiger partial charge in [0.2, 0.25) is 0 Å². The van der Waals surface area contributed by atoms with Gasteiger partial charge in [-0.2, -0.15) is 0 Å². The number of nitrogens with zero attached hydrogens (tertiary/aromatic N) is 2. The molecule has 1 aliphatic rings. The summed E-state index contributed by atoms with van der Waals surface area (Å²) in [6, 6.07) is 96.5. The molecule has 374 valence electrons.